The summed E-state index contributed by atoms with van der Waals surface area (Å²) in [6.07, 6.45) is 0.314. The first-order valence-electron chi connectivity index (χ1n) is 6.57. The van der Waals surface area contributed by atoms with E-state index >= 15 is 0 Å². The fourth-order valence-corrected chi connectivity index (χ4v) is 2.90. The Morgan fingerprint density at radius 2 is 1.79 bits per heavy atom. The SMILES string of the molecule is CCOC(=O)C1(C(=O)OCC)C[C@@H]2CC(=O)O[C@@H]2C1. The predicted octanol–water partition coefficient (Wildman–Crippen LogP) is 0.825. The average Bonchev–Trinajstić information content (AvgIpc) is 2.84. The van der Waals surface area contributed by atoms with Crippen molar-refractivity contribution >= 4 is 17.9 Å². The number of carbonyl (C=O) groups excluding carboxylic acids is 3. The molecule has 19 heavy (non-hydrogen) atoms. The molecule has 6 nitrogen and oxygen atoms in total. The van der Waals surface area contributed by atoms with E-state index in [1.165, 1.54) is 0 Å². The van der Waals surface area contributed by atoms with Crippen molar-refractivity contribution in [1.82, 2.24) is 0 Å². The zero-order valence-corrected chi connectivity index (χ0v) is 11.1. The summed E-state index contributed by atoms with van der Waals surface area (Å²) in [5.41, 5.74) is -1.30. The maximum atomic E-state index is 12.1. The molecule has 0 unspecified atom stereocenters. The van der Waals surface area contributed by atoms with E-state index in [-0.39, 0.29) is 50.5 Å². The first-order chi connectivity index (χ1) is 9.03. The minimum Gasteiger partial charge on any atom is -0.465 e. The number of hydrogen-bond donors (Lipinski definition) is 0. The third kappa shape index (κ3) is 2.31. The molecule has 106 valence electrons. The van der Waals surface area contributed by atoms with Crippen LogP contribution < -0.4 is 0 Å². The monoisotopic (exact) mass is 270 g/mol. The van der Waals surface area contributed by atoms with Gasteiger partial charge in [-0.3, -0.25) is 14.4 Å². The molecule has 2 aliphatic rings. The predicted molar refractivity (Wildman–Crippen MR) is 62.9 cm³/mol. The summed E-state index contributed by atoms with van der Waals surface area (Å²) < 4.78 is 15.2. The van der Waals surface area contributed by atoms with Crippen molar-refractivity contribution in [3.63, 3.8) is 0 Å². The summed E-state index contributed by atoms with van der Waals surface area (Å²) in [4.78, 5) is 35.5. The van der Waals surface area contributed by atoms with E-state index in [1.54, 1.807) is 13.8 Å². The zero-order valence-electron chi connectivity index (χ0n) is 11.1. The first kappa shape index (κ1) is 13.8. The molecular formula is C13H18O6. The van der Waals surface area contributed by atoms with Gasteiger partial charge in [-0.2, -0.15) is 0 Å². The topological polar surface area (TPSA) is 78.9 Å². The molecule has 1 aliphatic carbocycles. The highest BCUT2D eigenvalue weighted by atomic mass is 16.6. The lowest BCUT2D eigenvalue weighted by Crippen LogP contribution is -2.41. The van der Waals surface area contributed by atoms with Gasteiger partial charge < -0.3 is 14.2 Å². The molecule has 0 aromatic carbocycles. The molecule has 0 N–H and O–H groups in total. The Morgan fingerprint density at radius 1 is 1.21 bits per heavy atom. The van der Waals surface area contributed by atoms with E-state index in [1.807, 2.05) is 0 Å². The highest BCUT2D eigenvalue weighted by molar-refractivity contribution is 6.00. The second kappa shape index (κ2) is 5.19. The molecule has 1 heterocycles. The molecule has 0 amide bonds. The van der Waals surface area contributed by atoms with Gasteiger partial charge in [-0.15, -0.1) is 0 Å². The van der Waals surface area contributed by atoms with Crippen LogP contribution >= 0.6 is 0 Å². The number of carbonyl (C=O) groups is 3. The van der Waals surface area contributed by atoms with Crippen LogP contribution in [0, 0.1) is 11.3 Å². The quantitative estimate of drug-likeness (QED) is 0.427. The molecule has 0 bridgehead atoms. The number of rotatable bonds is 4. The standard InChI is InChI=1S/C13H18O6/c1-3-17-11(15)13(12(16)18-4-2)6-8-5-10(14)19-9(8)7-13/h8-9H,3-7H2,1-2H3/t8-,9+/m0/s1. The highest BCUT2D eigenvalue weighted by Crippen LogP contribution is 2.49. The first-order valence-corrected chi connectivity index (χ1v) is 6.57. The van der Waals surface area contributed by atoms with Crippen molar-refractivity contribution < 1.29 is 28.6 Å². The summed E-state index contributed by atoms with van der Waals surface area (Å²) in [7, 11) is 0. The summed E-state index contributed by atoms with van der Waals surface area (Å²) in [6, 6.07) is 0. The number of hydrogen-bond acceptors (Lipinski definition) is 6. The van der Waals surface area contributed by atoms with Gasteiger partial charge in [0.2, 0.25) is 0 Å². The van der Waals surface area contributed by atoms with Crippen molar-refractivity contribution in [3.8, 4) is 0 Å². The van der Waals surface area contributed by atoms with E-state index in [0.29, 0.717) is 0 Å². The maximum absolute atomic E-state index is 12.1. The van der Waals surface area contributed by atoms with Gasteiger partial charge in [0.15, 0.2) is 5.41 Å². The third-order valence-electron chi connectivity index (χ3n) is 3.73. The van der Waals surface area contributed by atoms with E-state index in [0.717, 1.165) is 0 Å². The molecule has 0 aromatic heterocycles. The summed E-state index contributed by atoms with van der Waals surface area (Å²) in [5.74, 6) is -1.50. The summed E-state index contributed by atoms with van der Waals surface area (Å²) >= 11 is 0. The van der Waals surface area contributed by atoms with Crippen LogP contribution in [0.15, 0.2) is 0 Å². The lowest BCUT2D eigenvalue weighted by molar-refractivity contribution is -0.173. The molecule has 0 aromatic rings. The maximum Gasteiger partial charge on any atom is 0.323 e. The van der Waals surface area contributed by atoms with Crippen molar-refractivity contribution in [2.45, 2.75) is 39.2 Å². The lowest BCUT2D eigenvalue weighted by atomic mass is 9.84. The zero-order chi connectivity index (χ0) is 14.0. The van der Waals surface area contributed by atoms with Gasteiger partial charge in [0, 0.05) is 12.3 Å². The minimum absolute atomic E-state index is 0.0960. The van der Waals surface area contributed by atoms with Crippen LogP contribution in [0.25, 0.3) is 0 Å². The summed E-state index contributed by atoms with van der Waals surface area (Å²) in [5, 5.41) is 0. The van der Waals surface area contributed by atoms with Crippen LogP contribution in [-0.4, -0.2) is 37.2 Å². The molecule has 6 heteroatoms. The van der Waals surface area contributed by atoms with Crippen LogP contribution in [0.3, 0.4) is 0 Å². The van der Waals surface area contributed by atoms with Gasteiger partial charge in [0.25, 0.3) is 0 Å². The second-order valence-electron chi connectivity index (χ2n) is 4.92. The van der Waals surface area contributed by atoms with E-state index in [2.05, 4.69) is 0 Å². The Bertz CT molecular complexity index is 366. The summed E-state index contributed by atoms with van der Waals surface area (Å²) in [6.45, 7) is 3.78. The smallest absolute Gasteiger partial charge is 0.323 e. The van der Waals surface area contributed by atoms with Gasteiger partial charge in [0.05, 0.1) is 19.6 Å². The molecule has 1 aliphatic heterocycles. The van der Waals surface area contributed by atoms with Crippen molar-refractivity contribution in [1.29, 1.82) is 0 Å². The fourth-order valence-electron chi connectivity index (χ4n) is 2.90. The van der Waals surface area contributed by atoms with E-state index in [4.69, 9.17) is 14.2 Å². The molecule has 2 fully saturated rings. The number of ether oxygens (including phenoxy) is 3. The van der Waals surface area contributed by atoms with Crippen LogP contribution in [0.1, 0.15) is 33.1 Å². The van der Waals surface area contributed by atoms with Gasteiger partial charge >= 0.3 is 17.9 Å². The molecular weight excluding hydrogens is 252 g/mol. The Kier molecular flexibility index (Phi) is 3.78. The van der Waals surface area contributed by atoms with E-state index in [9.17, 15) is 14.4 Å². The number of esters is 3. The lowest BCUT2D eigenvalue weighted by Gasteiger charge is -2.24. The average molecular weight is 270 g/mol. The molecule has 1 saturated carbocycles. The molecule has 2 rings (SSSR count). The highest BCUT2D eigenvalue weighted by Gasteiger charge is 2.60. The fraction of sp³-hybridized carbons (Fsp3) is 0.769. The Hall–Kier alpha value is -1.59. The molecule has 0 radical (unpaired) electrons. The van der Waals surface area contributed by atoms with Gasteiger partial charge in [-0.05, 0) is 20.3 Å². The normalized spacial score (nSPS) is 27.6. The van der Waals surface area contributed by atoms with Gasteiger partial charge in [-0.1, -0.05) is 0 Å². The van der Waals surface area contributed by atoms with Gasteiger partial charge in [0.1, 0.15) is 6.10 Å². The Labute approximate surface area is 111 Å². The second-order valence-corrected chi connectivity index (χ2v) is 4.92. The minimum atomic E-state index is -1.30. The Morgan fingerprint density at radius 3 is 2.26 bits per heavy atom. The molecule has 0 spiro atoms. The van der Waals surface area contributed by atoms with Crippen LogP contribution in [-0.2, 0) is 28.6 Å². The molecule has 1 saturated heterocycles. The third-order valence-corrected chi connectivity index (χ3v) is 3.73. The van der Waals surface area contributed by atoms with Crippen LogP contribution in [0.2, 0.25) is 0 Å². The van der Waals surface area contributed by atoms with Gasteiger partial charge in [-0.25, -0.2) is 0 Å². The Balaban J connectivity index is 2.20. The molecule has 2 atom stereocenters. The van der Waals surface area contributed by atoms with Crippen molar-refractivity contribution in [2.24, 2.45) is 11.3 Å². The van der Waals surface area contributed by atoms with Crippen molar-refractivity contribution in [3.05, 3.63) is 0 Å². The van der Waals surface area contributed by atoms with Crippen LogP contribution in [0.4, 0.5) is 0 Å². The van der Waals surface area contributed by atoms with Crippen molar-refractivity contribution in [2.75, 3.05) is 13.2 Å². The van der Waals surface area contributed by atoms with E-state index < -0.39 is 17.4 Å². The largest absolute Gasteiger partial charge is 0.465 e. The number of fused-ring (bicyclic) bond motifs is 1. The van der Waals surface area contributed by atoms with Crippen LogP contribution in [0.5, 0.6) is 0 Å².